The van der Waals surface area contributed by atoms with Crippen LogP contribution in [0.4, 0.5) is 0 Å². The van der Waals surface area contributed by atoms with Crippen molar-refractivity contribution in [3.63, 3.8) is 0 Å². The van der Waals surface area contributed by atoms with Crippen LogP contribution in [0, 0.1) is 13.8 Å². The molecule has 6 nitrogen and oxygen atoms in total. The molecule has 1 heterocycles. The number of fused-ring (bicyclic) bond motifs is 1. The first kappa shape index (κ1) is 27.2. The van der Waals surface area contributed by atoms with E-state index in [9.17, 15) is 4.79 Å². The van der Waals surface area contributed by atoms with Gasteiger partial charge >= 0.3 is 0 Å². The number of carbonyl (C=O) groups excluding carboxylic acids is 1. The van der Waals surface area contributed by atoms with Crippen LogP contribution in [0.3, 0.4) is 0 Å². The molecule has 3 aromatic carbocycles. The summed E-state index contributed by atoms with van der Waals surface area (Å²) < 4.78 is 13.6. The number of aryl methyl sites for hydroxylation is 4. The van der Waals surface area contributed by atoms with Gasteiger partial charge in [0.05, 0.1) is 24.8 Å². The maximum atomic E-state index is 12.4. The molecule has 0 unspecified atom stereocenters. The average Bonchev–Trinajstić information content (AvgIpc) is 3.29. The maximum Gasteiger partial charge on any atom is 0.251 e. The minimum atomic E-state index is -0.0627. The molecule has 1 amide bonds. The van der Waals surface area contributed by atoms with E-state index in [1.807, 2.05) is 18.2 Å². The Labute approximate surface area is 226 Å². The standard InChI is InChI=1S/C32H39N3O3/c1-24-17-18-25(2)30(22-24)38-21-10-9-20-35-29-15-7-6-14-28(29)34-31(35)16-5-4-8-19-33-32(36)26-12-11-13-27(23-26)37-3/h6-7,11-15,17-18,22-23H,4-5,8-10,16,19-21H2,1-3H3,(H,33,36). The number of ether oxygens (including phenoxy) is 2. The van der Waals surface area contributed by atoms with Gasteiger partial charge in [0.1, 0.15) is 17.3 Å². The number of rotatable bonds is 14. The minimum absolute atomic E-state index is 0.0627. The highest BCUT2D eigenvalue weighted by molar-refractivity contribution is 5.94. The lowest BCUT2D eigenvalue weighted by Gasteiger charge is -2.12. The second kappa shape index (κ2) is 13.7. The molecule has 0 aliphatic rings. The molecule has 4 aromatic rings. The summed E-state index contributed by atoms with van der Waals surface area (Å²) in [6, 6.07) is 22.0. The normalized spacial score (nSPS) is 11.0. The van der Waals surface area contributed by atoms with E-state index in [0.717, 1.165) is 62.2 Å². The van der Waals surface area contributed by atoms with Gasteiger partial charge in [-0.2, -0.15) is 0 Å². The fourth-order valence-corrected chi connectivity index (χ4v) is 4.64. The third-order valence-electron chi connectivity index (χ3n) is 6.81. The first-order chi connectivity index (χ1) is 18.5. The SMILES string of the molecule is COc1cccc(C(=O)NCCCCCc2nc3ccccc3n2CCCCOc2cc(C)ccc2C)c1. The number of para-hydroxylation sites is 2. The molecule has 38 heavy (non-hydrogen) atoms. The predicted octanol–water partition coefficient (Wildman–Crippen LogP) is 6.66. The van der Waals surface area contributed by atoms with Crippen LogP contribution in [0.1, 0.15) is 59.4 Å². The first-order valence-corrected chi connectivity index (χ1v) is 13.6. The van der Waals surface area contributed by atoms with Gasteiger partial charge in [0.25, 0.3) is 5.91 Å². The molecule has 0 saturated carbocycles. The van der Waals surface area contributed by atoms with Gasteiger partial charge < -0.3 is 19.4 Å². The van der Waals surface area contributed by atoms with Gasteiger partial charge in [-0.3, -0.25) is 4.79 Å². The molecule has 0 aliphatic heterocycles. The zero-order valence-electron chi connectivity index (χ0n) is 22.8. The van der Waals surface area contributed by atoms with Gasteiger partial charge in [0, 0.05) is 25.1 Å². The molecule has 0 bridgehead atoms. The van der Waals surface area contributed by atoms with E-state index < -0.39 is 0 Å². The number of hydrogen-bond donors (Lipinski definition) is 1. The summed E-state index contributed by atoms with van der Waals surface area (Å²) in [5.41, 5.74) is 5.28. The molecule has 200 valence electrons. The second-order valence-electron chi connectivity index (χ2n) is 9.79. The molecule has 0 saturated heterocycles. The predicted molar refractivity (Wildman–Crippen MR) is 153 cm³/mol. The van der Waals surface area contributed by atoms with Crippen LogP contribution in [0.25, 0.3) is 11.0 Å². The Balaban J connectivity index is 1.22. The summed E-state index contributed by atoms with van der Waals surface area (Å²) in [4.78, 5) is 17.3. The van der Waals surface area contributed by atoms with Crippen molar-refractivity contribution in [3.05, 3.63) is 89.2 Å². The number of nitrogens with zero attached hydrogens (tertiary/aromatic N) is 2. The number of benzene rings is 3. The Morgan fingerprint density at radius 3 is 2.66 bits per heavy atom. The molecular weight excluding hydrogens is 474 g/mol. The molecule has 0 fully saturated rings. The number of amides is 1. The molecule has 0 radical (unpaired) electrons. The smallest absolute Gasteiger partial charge is 0.251 e. The van der Waals surface area contributed by atoms with Crippen molar-refractivity contribution in [2.24, 2.45) is 0 Å². The van der Waals surface area contributed by atoms with Crippen LogP contribution in [0.5, 0.6) is 11.5 Å². The highest BCUT2D eigenvalue weighted by atomic mass is 16.5. The molecule has 1 aromatic heterocycles. The quantitative estimate of drug-likeness (QED) is 0.191. The summed E-state index contributed by atoms with van der Waals surface area (Å²) in [6.45, 7) is 6.49. The van der Waals surface area contributed by atoms with Gasteiger partial charge in [-0.05, 0) is 87.1 Å². The van der Waals surface area contributed by atoms with Crippen LogP contribution < -0.4 is 14.8 Å². The summed E-state index contributed by atoms with van der Waals surface area (Å²) >= 11 is 0. The van der Waals surface area contributed by atoms with E-state index in [-0.39, 0.29) is 5.91 Å². The molecular formula is C32H39N3O3. The molecule has 0 spiro atoms. The van der Waals surface area contributed by atoms with Gasteiger partial charge in [0.2, 0.25) is 0 Å². The van der Waals surface area contributed by atoms with Crippen molar-refractivity contribution in [2.45, 2.75) is 58.9 Å². The third-order valence-corrected chi connectivity index (χ3v) is 6.81. The molecule has 4 rings (SSSR count). The van der Waals surface area contributed by atoms with Crippen LogP contribution in [-0.4, -0.2) is 35.7 Å². The number of nitrogens with one attached hydrogen (secondary N) is 1. The van der Waals surface area contributed by atoms with E-state index >= 15 is 0 Å². The van der Waals surface area contributed by atoms with Crippen molar-refractivity contribution in [3.8, 4) is 11.5 Å². The van der Waals surface area contributed by atoms with Crippen molar-refractivity contribution in [1.82, 2.24) is 14.9 Å². The number of carbonyl (C=O) groups is 1. The summed E-state index contributed by atoms with van der Waals surface area (Å²) in [5, 5.41) is 3.01. The molecule has 0 aliphatic carbocycles. The monoisotopic (exact) mass is 513 g/mol. The third kappa shape index (κ3) is 7.37. The van der Waals surface area contributed by atoms with Crippen molar-refractivity contribution < 1.29 is 14.3 Å². The lowest BCUT2D eigenvalue weighted by Crippen LogP contribution is -2.24. The average molecular weight is 514 g/mol. The van der Waals surface area contributed by atoms with Gasteiger partial charge in [0.15, 0.2) is 0 Å². The van der Waals surface area contributed by atoms with Gasteiger partial charge in [-0.15, -0.1) is 0 Å². The number of unbranched alkanes of at least 4 members (excludes halogenated alkanes) is 3. The van der Waals surface area contributed by atoms with Crippen LogP contribution >= 0.6 is 0 Å². The van der Waals surface area contributed by atoms with E-state index in [1.54, 1.807) is 19.2 Å². The summed E-state index contributed by atoms with van der Waals surface area (Å²) in [6.07, 6.45) is 5.96. The zero-order valence-corrected chi connectivity index (χ0v) is 22.8. The molecule has 0 atom stereocenters. The van der Waals surface area contributed by atoms with Crippen molar-refractivity contribution in [2.75, 3.05) is 20.3 Å². The van der Waals surface area contributed by atoms with E-state index in [0.29, 0.717) is 24.5 Å². The van der Waals surface area contributed by atoms with Crippen LogP contribution in [0.2, 0.25) is 0 Å². The highest BCUT2D eigenvalue weighted by Gasteiger charge is 2.11. The first-order valence-electron chi connectivity index (χ1n) is 13.6. The maximum absolute atomic E-state index is 12.4. The Morgan fingerprint density at radius 2 is 1.79 bits per heavy atom. The lowest BCUT2D eigenvalue weighted by molar-refractivity contribution is 0.0952. The number of aromatic nitrogens is 2. The molecule has 1 N–H and O–H groups in total. The Kier molecular flexibility index (Phi) is 9.79. The van der Waals surface area contributed by atoms with Crippen molar-refractivity contribution >= 4 is 16.9 Å². The van der Waals surface area contributed by atoms with E-state index in [4.69, 9.17) is 14.5 Å². The molecule has 6 heteroatoms. The lowest BCUT2D eigenvalue weighted by atomic mass is 10.1. The minimum Gasteiger partial charge on any atom is -0.497 e. The topological polar surface area (TPSA) is 65.4 Å². The number of imidazole rings is 1. The van der Waals surface area contributed by atoms with E-state index in [1.165, 1.54) is 16.6 Å². The highest BCUT2D eigenvalue weighted by Crippen LogP contribution is 2.21. The van der Waals surface area contributed by atoms with Crippen molar-refractivity contribution in [1.29, 1.82) is 0 Å². The number of hydrogen-bond acceptors (Lipinski definition) is 4. The fourth-order valence-electron chi connectivity index (χ4n) is 4.64. The van der Waals surface area contributed by atoms with Gasteiger partial charge in [-0.25, -0.2) is 4.98 Å². The number of methoxy groups -OCH3 is 1. The summed E-state index contributed by atoms with van der Waals surface area (Å²) in [7, 11) is 1.60. The Hall–Kier alpha value is -3.80. The summed E-state index contributed by atoms with van der Waals surface area (Å²) in [5.74, 6) is 2.75. The van der Waals surface area contributed by atoms with Crippen LogP contribution in [0.15, 0.2) is 66.7 Å². The van der Waals surface area contributed by atoms with E-state index in [2.05, 4.69) is 60.1 Å². The second-order valence-corrected chi connectivity index (χ2v) is 9.79. The van der Waals surface area contributed by atoms with Crippen LogP contribution in [-0.2, 0) is 13.0 Å². The zero-order chi connectivity index (χ0) is 26.7. The largest absolute Gasteiger partial charge is 0.497 e. The van der Waals surface area contributed by atoms with Gasteiger partial charge in [-0.1, -0.05) is 36.8 Å². The fraction of sp³-hybridized carbons (Fsp3) is 0.375. The Morgan fingerprint density at radius 1 is 0.921 bits per heavy atom. The Bertz CT molecular complexity index is 1350.